The summed E-state index contributed by atoms with van der Waals surface area (Å²) in [5.41, 5.74) is 1.18. The van der Waals surface area contributed by atoms with Crippen LogP contribution in [0.5, 0.6) is 11.5 Å². The van der Waals surface area contributed by atoms with Crippen LogP contribution in [0, 0.1) is 0 Å². The third-order valence-corrected chi connectivity index (χ3v) is 4.51. The van der Waals surface area contributed by atoms with Crippen molar-refractivity contribution in [3.05, 3.63) is 23.8 Å². The Hall–Kier alpha value is -1.26. The average Bonchev–Trinajstić information content (AvgIpc) is 2.53. The fourth-order valence-corrected chi connectivity index (χ4v) is 3.09. The Morgan fingerprint density at radius 3 is 2.86 bits per heavy atom. The second kappa shape index (κ2) is 7.66. The number of rotatable bonds is 6. The molecule has 1 aromatic carbocycles. The van der Waals surface area contributed by atoms with E-state index in [1.54, 1.807) is 13.2 Å². The number of phenols is 1. The van der Waals surface area contributed by atoms with Crippen LogP contribution < -0.4 is 10.1 Å². The number of piperidine rings is 1. The summed E-state index contributed by atoms with van der Waals surface area (Å²) >= 11 is 0. The molecule has 1 saturated heterocycles. The summed E-state index contributed by atoms with van der Waals surface area (Å²) in [4.78, 5) is 2.48. The maximum atomic E-state index is 9.72. The van der Waals surface area contributed by atoms with Crippen LogP contribution in [-0.2, 0) is 0 Å². The Balaban J connectivity index is 2.06. The minimum Gasteiger partial charge on any atom is -0.504 e. The van der Waals surface area contributed by atoms with Crippen molar-refractivity contribution < 1.29 is 9.84 Å². The number of nitrogens with zero attached hydrogens (tertiary/aromatic N) is 1. The number of phenolic OH excluding ortho intramolecular Hbond substituents is 1. The zero-order chi connectivity index (χ0) is 15.2. The van der Waals surface area contributed by atoms with E-state index in [0.29, 0.717) is 17.8 Å². The van der Waals surface area contributed by atoms with E-state index in [4.69, 9.17) is 4.74 Å². The molecule has 1 fully saturated rings. The molecule has 1 aromatic rings. The number of hydrogen-bond acceptors (Lipinski definition) is 4. The molecule has 0 aromatic heterocycles. The molecule has 0 amide bonds. The molecular weight excluding hydrogens is 264 g/mol. The van der Waals surface area contributed by atoms with Crippen molar-refractivity contribution in [3.63, 3.8) is 0 Å². The van der Waals surface area contributed by atoms with Gasteiger partial charge >= 0.3 is 0 Å². The van der Waals surface area contributed by atoms with Gasteiger partial charge in [-0.25, -0.2) is 0 Å². The van der Waals surface area contributed by atoms with Gasteiger partial charge in [0.25, 0.3) is 0 Å². The highest BCUT2D eigenvalue weighted by Crippen LogP contribution is 2.31. The van der Waals surface area contributed by atoms with Gasteiger partial charge in [-0.15, -0.1) is 0 Å². The van der Waals surface area contributed by atoms with Crippen LogP contribution in [0.15, 0.2) is 18.2 Å². The van der Waals surface area contributed by atoms with Gasteiger partial charge in [0.2, 0.25) is 0 Å². The summed E-state index contributed by atoms with van der Waals surface area (Å²) in [5.74, 6) is 0.747. The number of hydrogen-bond donors (Lipinski definition) is 2. The number of methoxy groups -OCH3 is 1. The second-order valence-electron chi connectivity index (χ2n) is 5.84. The summed E-state index contributed by atoms with van der Waals surface area (Å²) in [6, 6.07) is 6.56. The molecule has 118 valence electrons. The second-order valence-corrected chi connectivity index (χ2v) is 5.84. The van der Waals surface area contributed by atoms with E-state index in [1.165, 1.54) is 24.8 Å². The van der Waals surface area contributed by atoms with Gasteiger partial charge in [-0.3, -0.25) is 4.90 Å². The first-order valence-corrected chi connectivity index (χ1v) is 8.00. The smallest absolute Gasteiger partial charge is 0.160 e. The summed E-state index contributed by atoms with van der Waals surface area (Å²) in [7, 11) is 1.59. The Labute approximate surface area is 128 Å². The molecule has 0 radical (unpaired) electrons. The van der Waals surface area contributed by atoms with E-state index in [0.717, 1.165) is 19.6 Å². The molecule has 1 aliphatic heterocycles. The van der Waals surface area contributed by atoms with Crippen molar-refractivity contribution in [2.45, 2.75) is 45.2 Å². The summed E-state index contributed by atoms with van der Waals surface area (Å²) in [6.07, 6.45) is 3.89. The van der Waals surface area contributed by atoms with Crippen LogP contribution in [0.1, 0.15) is 44.7 Å². The molecule has 2 rings (SSSR count). The number of benzene rings is 1. The van der Waals surface area contributed by atoms with Gasteiger partial charge in [-0.2, -0.15) is 0 Å². The van der Waals surface area contributed by atoms with Crippen LogP contribution in [-0.4, -0.2) is 42.8 Å². The molecule has 1 aliphatic rings. The van der Waals surface area contributed by atoms with Crippen LogP contribution in [0.25, 0.3) is 0 Å². The molecular formula is C17H28N2O2. The topological polar surface area (TPSA) is 44.7 Å². The number of ether oxygens (including phenoxy) is 1. The molecule has 4 heteroatoms. The van der Waals surface area contributed by atoms with E-state index in [2.05, 4.69) is 24.1 Å². The van der Waals surface area contributed by atoms with E-state index in [1.807, 2.05) is 12.1 Å². The van der Waals surface area contributed by atoms with Crippen LogP contribution in [0.4, 0.5) is 0 Å². The lowest BCUT2D eigenvalue weighted by atomic mass is 10.0. The number of nitrogens with one attached hydrogen (secondary N) is 1. The van der Waals surface area contributed by atoms with Crippen molar-refractivity contribution in [2.24, 2.45) is 0 Å². The lowest BCUT2D eigenvalue weighted by Crippen LogP contribution is -2.44. The standard InChI is InChI=1S/C17H28N2O2/c1-4-19(12-15-7-5-6-10-18-15)13(2)14-8-9-16(20)17(11-14)21-3/h8-9,11,13,15,18,20H,4-7,10,12H2,1-3H3. The first kappa shape index (κ1) is 16.1. The molecule has 2 atom stereocenters. The number of aromatic hydroxyl groups is 1. The van der Waals surface area contributed by atoms with Crippen molar-refractivity contribution in [3.8, 4) is 11.5 Å². The molecule has 4 nitrogen and oxygen atoms in total. The van der Waals surface area contributed by atoms with Crippen molar-refractivity contribution >= 4 is 0 Å². The largest absolute Gasteiger partial charge is 0.504 e. The Morgan fingerprint density at radius 2 is 2.24 bits per heavy atom. The highest BCUT2D eigenvalue weighted by molar-refractivity contribution is 5.42. The molecule has 2 N–H and O–H groups in total. The predicted molar refractivity (Wildman–Crippen MR) is 86.0 cm³/mol. The van der Waals surface area contributed by atoms with Gasteiger partial charge in [0, 0.05) is 18.6 Å². The predicted octanol–water partition coefficient (Wildman–Crippen LogP) is 2.93. The SMILES string of the molecule is CCN(CC1CCCCN1)C(C)c1ccc(O)c(OC)c1. The minimum atomic E-state index is 0.199. The summed E-state index contributed by atoms with van der Waals surface area (Å²) in [5, 5.41) is 13.3. The third-order valence-electron chi connectivity index (χ3n) is 4.51. The van der Waals surface area contributed by atoms with E-state index in [-0.39, 0.29) is 5.75 Å². The van der Waals surface area contributed by atoms with Gasteiger partial charge in [0.15, 0.2) is 11.5 Å². The third kappa shape index (κ3) is 4.11. The van der Waals surface area contributed by atoms with Gasteiger partial charge in [0.05, 0.1) is 7.11 Å². The molecule has 2 unspecified atom stereocenters. The molecule has 21 heavy (non-hydrogen) atoms. The fraction of sp³-hybridized carbons (Fsp3) is 0.647. The van der Waals surface area contributed by atoms with Gasteiger partial charge in [-0.1, -0.05) is 19.4 Å². The molecule has 1 heterocycles. The Morgan fingerprint density at radius 1 is 1.43 bits per heavy atom. The van der Waals surface area contributed by atoms with Gasteiger partial charge in [0.1, 0.15) is 0 Å². The summed E-state index contributed by atoms with van der Waals surface area (Å²) < 4.78 is 5.22. The van der Waals surface area contributed by atoms with E-state index >= 15 is 0 Å². The highest BCUT2D eigenvalue weighted by Gasteiger charge is 2.21. The monoisotopic (exact) mass is 292 g/mol. The van der Waals surface area contributed by atoms with E-state index in [9.17, 15) is 5.11 Å². The molecule has 0 bridgehead atoms. The zero-order valence-corrected chi connectivity index (χ0v) is 13.4. The van der Waals surface area contributed by atoms with Gasteiger partial charge in [-0.05, 0) is 50.6 Å². The van der Waals surface area contributed by atoms with E-state index < -0.39 is 0 Å². The fourth-order valence-electron chi connectivity index (χ4n) is 3.09. The normalized spacial score (nSPS) is 20.5. The lowest BCUT2D eigenvalue weighted by Gasteiger charge is -2.34. The average molecular weight is 292 g/mol. The zero-order valence-electron chi connectivity index (χ0n) is 13.4. The lowest BCUT2D eigenvalue weighted by molar-refractivity contribution is 0.184. The van der Waals surface area contributed by atoms with Crippen LogP contribution in [0.3, 0.4) is 0 Å². The van der Waals surface area contributed by atoms with Crippen molar-refractivity contribution in [1.29, 1.82) is 0 Å². The Kier molecular flexibility index (Phi) is 5.88. The highest BCUT2D eigenvalue weighted by atomic mass is 16.5. The maximum Gasteiger partial charge on any atom is 0.160 e. The van der Waals surface area contributed by atoms with Gasteiger partial charge < -0.3 is 15.2 Å². The Bertz CT molecular complexity index is 444. The maximum absolute atomic E-state index is 9.72. The molecule has 0 saturated carbocycles. The van der Waals surface area contributed by atoms with Crippen molar-refractivity contribution in [1.82, 2.24) is 10.2 Å². The van der Waals surface area contributed by atoms with Crippen LogP contribution in [0.2, 0.25) is 0 Å². The van der Waals surface area contributed by atoms with Crippen LogP contribution >= 0.6 is 0 Å². The minimum absolute atomic E-state index is 0.199. The van der Waals surface area contributed by atoms with Crippen molar-refractivity contribution in [2.75, 3.05) is 26.7 Å². The first-order chi connectivity index (χ1) is 10.2. The number of likely N-dealkylation sites (N-methyl/N-ethyl adjacent to an activating group) is 1. The quantitative estimate of drug-likeness (QED) is 0.846. The molecule has 0 spiro atoms. The first-order valence-electron chi connectivity index (χ1n) is 8.00. The molecule has 0 aliphatic carbocycles. The summed E-state index contributed by atoms with van der Waals surface area (Å²) in [6.45, 7) is 7.65.